The standard InChI is InChI=1S/C22H22ClN3O3S/c1-12-16(23)6-5-7-17(12)26-22-20(13(2)25-26)21(30-11-19(27)24-22)15-10-14(28-3)8-9-18(15)29-4/h5-10,21H,11H2,1-4H3,(H,24,27)/t21-/m1/s1. The second kappa shape index (κ2) is 8.24. The summed E-state index contributed by atoms with van der Waals surface area (Å²) in [4.78, 5) is 12.6. The van der Waals surface area contributed by atoms with Crippen LogP contribution in [0.1, 0.15) is 27.6 Å². The van der Waals surface area contributed by atoms with Crippen LogP contribution in [0.15, 0.2) is 36.4 Å². The van der Waals surface area contributed by atoms with Crippen molar-refractivity contribution in [1.29, 1.82) is 0 Å². The molecule has 0 fully saturated rings. The third-order valence-corrected chi connectivity index (χ3v) is 6.86. The lowest BCUT2D eigenvalue weighted by Gasteiger charge is -2.19. The summed E-state index contributed by atoms with van der Waals surface area (Å²) in [6.45, 7) is 3.89. The number of thioether (sulfide) groups is 1. The molecular formula is C22H22ClN3O3S. The summed E-state index contributed by atoms with van der Waals surface area (Å²) < 4.78 is 12.8. The van der Waals surface area contributed by atoms with Gasteiger partial charge in [0.25, 0.3) is 0 Å². The van der Waals surface area contributed by atoms with Gasteiger partial charge >= 0.3 is 0 Å². The summed E-state index contributed by atoms with van der Waals surface area (Å²) in [5.74, 6) is 2.36. The predicted octanol–water partition coefficient (Wildman–Crippen LogP) is 4.93. The average Bonchev–Trinajstić information content (AvgIpc) is 2.94. The van der Waals surface area contributed by atoms with Crippen LogP contribution in [0.5, 0.6) is 11.5 Å². The van der Waals surface area contributed by atoms with Crippen molar-refractivity contribution in [2.45, 2.75) is 19.1 Å². The number of carbonyl (C=O) groups is 1. The monoisotopic (exact) mass is 443 g/mol. The lowest BCUT2D eigenvalue weighted by molar-refractivity contribution is -0.113. The Labute approximate surface area is 184 Å². The number of methoxy groups -OCH3 is 2. The van der Waals surface area contributed by atoms with Gasteiger partial charge in [0, 0.05) is 16.1 Å². The number of hydrogen-bond donors (Lipinski definition) is 1. The molecule has 30 heavy (non-hydrogen) atoms. The second-order valence-electron chi connectivity index (χ2n) is 6.99. The van der Waals surface area contributed by atoms with E-state index in [9.17, 15) is 4.79 Å². The van der Waals surface area contributed by atoms with E-state index in [2.05, 4.69) is 5.32 Å². The first-order valence-corrected chi connectivity index (χ1v) is 10.9. The molecule has 0 saturated heterocycles. The molecule has 0 radical (unpaired) electrons. The zero-order chi connectivity index (χ0) is 21.4. The third kappa shape index (κ3) is 3.52. The van der Waals surface area contributed by atoms with Crippen molar-refractivity contribution in [2.24, 2.45) is 0 Å². The summed E-state index contributed by atoms with van der Waals surface area (Å²) in [5.41, 5.74) is 4.43. The number of hydrogen-bond acceptors (Lipinski definition) is 5. The molecule has 1 aromatic heterocycles. The van der Waals surface area contributed by atoms with Gasteiger partial charge in [0.05, 0.1) is 36.6 Å². The Bertz CT molecular complexity index is 1130. The fourth-order valence-corrected chi connectivity index (χ4v) is 5.05. The minimum atomic E-state index is -0.155. The van der Waals surface area contributed by atoms with Crippen molar-refractivity contribution >= 4 is 35.1 Å². The summed E-state index contributed by atoms with van der Waals surface area (Å²) in [7, 11) is 3.27. The number of rotatable bonds is 4. The number of halogens is 1. The van der Waals surface area contributed by atoms with Gasteiger partial charge in [0.2, 0.25) is 5.91 Å². The molecule has 0 aliphatic carbocycles. The van der Waals surface area contributed by atoms with E-state index in [1.165, 1.54) is 11.8 Å². The van der Waals surface area contributed by atoms with E-state index in [1.807, 2.05) is 50.2 Å². The van der Waals surface area contributed by atoms with Gasteiger partial charge in [-0.15, -0.1) is 11.8 Å². The molecule has 2 aromatic carbocycles. The van der Waals surface area contributed by atoms with Gasteiger partial charge in [-0.3, -0.25) is 4.79 Å². The molecule has 4 rings (SSSR count). The van der Waals surface area contributed by atoms with Crippen molar-refractivity contribution in [3.05, 3.63) is 63.8 Å². The number of anilines is 1. The van der Waals surface area contributed by atoms with Crippen LogP contribution in [0.25, 0.3) is 5.69 Å². The van der Waals surface area contributed by atoms with Gasteiger partial charge in [-0.1, -0.05) is 17.7 Å². The van der Waals surface area contributed by atoms with Crippen LogP contribution in [0.2, 0.25) is 5.02 Å². The Morgan fingerprint density at radius 2 is 2.00 bits per heavy atom. The van der Waals surface area contributed by atoms with E-state index in [-0.39, 0.29) is 11.2 Å². The number of nitrogens with zero attached hydrogens (tertiary/aromatic N) is 2. The van der Waals surface area contributed by atoms with E-state index in [4.69, 9.17) is 26.2 Å². The average molecular weight is 444 g/mol. The van der Waals surface area contributed by atoms with Crippen LogP contribution in [-0.4, -0.2) is 35.7 Å². The summed E-state index contributed by atoms with van der Waals surface area (Å²) in [5, 5.41) is 8.31. The van der Waals surface area contributed by atoms with Crippen molar-refractivity contribution in [3.8, 4) is 17.2 Å². The zero-order valence-electron chi connectivity index (χ0n) is 17.2. The smallest absolute Gasteiger partial charge is 0.235 e. The van der Waals surface area contributed by atoms with E-state index < -0.39 is 0 Å². The summed E-state index contributed by atoms with van der Waals surface area (Å²) >= 11 is 7.89. The molecule has 6 nitrogen and oxygen atoms in total. The topological polar surface area (TPSA) is 65.4 Å². The predicted molar refractivity (Wildman–Crippen MR) is 121 cm³/mol. The second-order valence-corrected chi connectivity index (χ2v) is 8.49. The molecule has 0 saturated carbocycles. The fourth-order valence-electron chi connectivity index (χ4n) is 3.67. The first kappa shape index (κ1) is 20.6. The Balaban J connectivity index is 1.95. The molecule has 1 amide bonds. The maximum Gasteiger partial charge on any atom is 0.235 e. The van der Waals surface area contributed by atoms with E-state index in [0.29, 0.717) is 16.6 Å². The van der Waals surface area contributed by atoms with Crippen molar-refractivity contribution in [3.63, 3.8) is 0 Å². The molecule has 0 spiro atoms. The van der Waals surface area contributed by atoms with Crippen LogP contribution in [0, 0.1) is 13.8 Å². The molecule has 8 heteroatoms. The Kier molecular flexibility index (Phi) is 5.66. The Morgan fingerprint density at radius 3 is 2.73 bits per heavy atom. The molecule has 1 atom stereocenters. The van der Waals surface area contributed by atoms with Crippen molar-refractivity contribution < 1.29 is 14.3 Å². The number of nitrogens with one attached hydrogen (secondary N) is 1. The van der Waals surface area contributed by atoms with Gasteiger partial charge in [0.1, 0.15) is 17.3 Å². The molecule has 2 heterocycles. The molecule has 3 aromatic rings. The zero-order valence-corrected chi connectivity index (χ0v) is 18.7. The number of benzene rings is 2. The van der Waals surface area contributed by atoms with E-state index in [1.54, 1.807) is 18.9 Å². The van der Waals surface area contributed by atoms with Gasteiger partial charge in [0.15, 0.2) is 0 Å². The largest absolute Gasteiger partial charge is 0.497 e. The third-order valence-electron chi connectivity index (χ3n) is 5.19. The molecule has 156 valence electrons. The molecule has 1 aliphatic heterocycles. The van der Waals surface area contributed by atoms with Crippen molar-refractivity contribution in [2.75, 3.05) is 25.3 Å². The lowest BCUT2D eigenvalue weighted by Crippen LogP contribution is -2.16. The molecule has 0 unspecified atom stereocenters. The molecular weight excluding hydrogens is 422 g/mol. The highest BCUT2D eigenvalue weighted by molar-refractivity contribution is 8.00. The highest BCUT2D eigenvalue weighted by atomic mass is 35.5. The molecule has 0 bridgehead atoms. The van der Waals surface area contributed by atoms with Gasteiger partial charge < -0.3 is 14.8 Å². The lowest BCUT2D eigenvalue weighted by atomic mass is 10.0. The van der Waals surface area contributed by atoms with Crippen LogP contribution in [-0.2, 0) is 4.79 Å². The first-order valence-electron chi connectivity index (χ1n) is 9.43. The Hall–Kier alpha value is -2.64. The molecule has 1 N–H and O–H groups in total. The summed E-state index contributed by atoms with van der Waals surface area (Å²) in [6, 6.07) is 11.4. The fraction of sp³-hybridized carbons (Fsp3) is 0.273. The maximum atomic E-state index is 12.6. The van der Waals surface area contributed by atoms with Crippen LogP contribution < -0.4 is 14.8 Å². The summed E-state index contributed by atoms with van der Waals surface area (Å²) in [6.07, 6.45) is 0. The number of carbonyl (C=O) groups excluding carboxylic acids is 1. The number of amides is 1. The highest BCUT2D eigenvalue weighted by Gasteiger charge is 2.32. The van der Waals surface area contributed by atoms with Crippen LogP contribution in [0.4, 0.5) is 5.82 Å². The molecule has 1 aliphatic rings. The number of fused-ring (bicyclic) bond motifs is 1. The minimum Gasteiger partial charge on any atom is -0.497 e. The van der Waals surface area contributed by atoms with Gasteiger partial charge in [-0.2, -0.15) is 5.10 Å². The number of aryl methyl sites for hydroxylation is 1. The SMILES string of the molecule is COc1ccc(OC)c([C@H]2SCC(=O)Nc3c2c(C)nn3-c2cccc(Cl)c2C)c1. The highest BCUT2D eigenvalue weighted by Crippen LogP contribution is 2.47. The van der Waals surface area contributed by atoms with Gasteiger partial charge in [-0.05, 0) is 49.7 Å². The quantitative estimate of drug-likeness (QED) is 0.619. The van der Waals surface area contributed by atoms with Crippen LogP contribution in [0.3, 0.4) is 0 Å². The van der Waals surface area contributed by atoms with E-state index >= 15 is 0 Å². The van der Waals surface area contributed by atoms with Crippen LogP contribution >= 0.6 is 23.4 Å². The first-order chi connectivity index (χ1) is 14.4. The van der Waals surface area contributed by atoms with E-state index in [0.717, 1.165) is 39.6 Å². The normalized spacial score (nSPS) is 15.9. The maximum absolute atomic E-state index is 12.6. The number of aromatic nitrogens is 2. The van der Waals surface area contributed by atoms with Gasteiger partial charge in [-0.25, -0.2) is 4.68 Å². The Morgan fingerprint density at radius 1 is 1.20 bits per heavy atom. The minimum absolute atomic E-state index is 0.0774. The van der Waals surface area contributed by atoms with Crippen molar-refractivity contribution in [1.82, 2.24) is 9.78 Å². The number of ether oxygens (including phenoxy) is 2.